The molecule has 2 aromatic carbocycles. The van der Waals surface area contributed by atoms with Crippen LogP contribution in [0.4, 0.5) is 5.69 Å². The van der Waals surface area contributed by atoms with Crippen molar-refractivity contribution in [3.8, 4) is 11.5 Å². The number of amides is 1. The largest absolute Gasteiger partial charge is 0.457 e. The fourth-order valence-electron chi connectivity index (χ4n) is 3.17. The molecule has 0 saturated heterocycles. The van der Waals surface area contributed by atoms with Crippen molar-refractivity contribution < 1.29 is 17.9 Å². The number of rotatable bonds is 8. The fourth-order valence-corrected chi connectivity index (χ4v) is 4.03. The first-order valence-corrected chi connectivity index (χ1v) is 11.5. The highest BCUT2D eigenvalue weighted by atomic mass is 32.2. The van der Waals surface area contributed by atoms with E-state index in [1.807, 2.05) is 30.3 Å². The van der Waals surface area contributed by atoms with Crippen molar-refractivity contribution in [2.75, 3.05) is 23.7 Å². The molecular weight excluding hydrogens is 388 g/mol. The summed E-state index contributed by atoms with van der Waals surface area (Å²) >= 11 is 0. The number of carbonyl (C=O) groups is 1. The van der Waals surface area contributed by atoms with E-state index in [9.17, 15) is 13.2 Å². The maximum atomic E-state index is 12.4. The highest BCUT2D eigenvalue weighted by Crippen LogP contribution is 2.25. The van der Waals surface area contributed by atoms with Gasteiger partial charge < -0.3 is 10.1 Å². The molecule has 7 heteroatoms. The molecule has 0 heterocycles. The van der Waals surface area contributed by atoms with Gasteiger partial charge in [-0.05, 0) is 62.1 Å². The number of para-hydroxylation sites is 1. The van der Waals surface area contributed by atoms with Gasteiger partial charge in [-0.15, -0.1) is 0 Å². The zero-order valence-electron chi connectivity index (χ0n) is 16.5. The predicted octanol–water partition coefficient (Wildman–Crippen LogP) is 3.86. The van der Waals surface area contributed by atoms with Gasteiger partial charge in [0.15, 0.2) is 0 Å². The zero-order valence-corrected chi connectivity index (χ0v) is 17.3. The number of hydrogen-bond acceptors (Lipinski definition) is 4. The first-order chi connectivity index (χ1) is 13.9. The molecule has 0 saturated carbocycles. The van der Waals surface area contributed by atoms with Crippen LogP contribution in [0.25, 0.3) is 0 Å². The molecule has 29 heavy (non-hydrogen) atoms. The summed E-state index contributed by atoms with van der Waals surface area (Å²) in [6.45, 7) is 0.214. The van der Waals surface area contributed by atoms with Gasteiger partial charge in [0.1, 0.15) is 18.0 Å². The smallest absolute Gasteiger partial charge is 0.241 e. The Morgan fingerprint density at radius 2 is 1.72 bits per heavy atom. The Balaban J connectivity index is 1.65. The van der Waals surface area contributed by atoms with Crippen LogP contribution in [0.15, 0.2) is 66.2 Å². The molecule has 1 aliphatic carbocycles. The average molecular weight is 415 g/mol. The number of hydrogen-bond donors (Lipinski definition) is 1. The first kappa shape index (κ1) is 20.9. The van der Waals surface area contributed by atoms with Crippen LogP contribution in [0.1, 0.15) is 25.7 Å². The van der Waals surface area contributed by atoms with Gasteiger partial charge in [-0.2, -0.15) is 0 Å². The van der Waals surface area contributed by atoms with Crippen LogP contribution in [0.3, 0.4) is 0 Å². The summed E-state index contributed by atoms with van der Waals surface area (Å²) in [5.41, 5.74) is 1.62. The van der Waals surface area contributed by atoms with Crippen molar-refractivity contribution in [3.63, 3.8) is 0 Å². The van der Waals surface area contributed by atoms with E-state index in [1.165, 1.54) is 12.0 Å². The highest BCUT2D eigenvalue weighted by molar-refractivity contribution is 7.92. The molecule has 154 valence electrons. The van der Waals surface area contributed by atoms with Crippen LogP contribution in [0.2, 0.25) is 0 Å². The lowest BCUT2D eigenvalue weighted by Gasteiger charge is -2.22. The molecule has 1 aliphatic rings. The lowest BCUT2D eigenvalue weighted by molar-refractivity contribution is -0.119. The summed E-state index contributed by atoms with van der Waals surface area (Å²) in [6.07, 6.45) is 7.59. The fraction of sp³-hybridized carbons (Fsp3) is 0.318. The Hall–Kier alpha value is -2.80. The second-order valence-electron chi connectivity index (χ2n) is 7.06. The summed E-state index contributed by atoms with van der Waals surface area (Å²) in [4.78, 5) is 12.4. The van der Waals surface area contributed by atoms with Crippen LogP contribution in [-0.2, 0) is 14.8 Å². The third-order valence-electron chi connectivity index (χ3n) is 4.69. The second-order valence-corrected chi connectivity index (χ2v) is 8.97. The lowest BCUT2D eigenvalue weighted by atomic mass is 10.00. The number of carbonyl (C=O) groups excluding carboxylic acids is 1. The van der Waals surface area contributed by atoms with Gasteiger partial charge in [-0.1, -0.05) is 29.8 Å². The zero-order chi connectivity index (χ0) is 20.7. The van der Waals surface area contributed by atoms with Crippen molar-refractivity contribution in [3.05, 3.63) is 66.2 Å². The monoisotopic (exact) mass is 414 g/mol. The van der Waals surface area contributed by atoms with Crippen molar-refractivity contribution in [1.82, 2.24) is 5.32 Å². The second kappa shape index (κ2) is 9.60. The van der Waals surface area contributed by atoms with E-state index in [1.54, 1.807) is 24.3 Å². The van der Waals surface area contributed by atoms with Gasteiger partial charge >= 0.3 is 0 Å². The maximum Gasteiger partial charge on any atom is 0.241 e. The van der Waals surface area contributed by atoms with Crippen molar-refractivity contribution in [2.24, 2.45) is 0 Å². The minimum absolute atomic E-state index is 0.259. The average Bonchev–Trinajstić information content (AvgIpc) is 2.72. The lowest BCUT2D eigenvalue weighted by Crippen LogP contribution is -2.41. The number of benzene rings is 2. The third kappa shape index (κ3) is 6.35. The van der Waals surface area contributed by atoms with Gasteiger partial charge in [0, 0.05) is 6.54 Å². The topological polar surface area (TPSA) is 75.7 Å². The molecule has 0 aliphatic heterocycles. The van der Waals surface area contributed by atoms with Crippen LogP contribution < -0.4 is 14.4 Å². The van der Waals surface area contributed by atoms with E-state index < -0.39 is 10.0 Å². The van der Waals surface area contributed by atoms with Gasteiger partial charge in [-0.25, -0.2) is 8.42 Å². The maximum absolute atomic E-state index is 12.4. The molecule has 1 N–H and O–H groups in total. The number of sulfonamides is 1. The molecule has 0 spiro atoms. The third-order valence-corrected chi connectivity index (χ3v) is 5.83. The van der Waals surface area contributed by atoms with Crippen LogP contribution in [0.5, 0.6) is 11.5 Å². The standard InChI is InChI=1S/C22H26N2O4S/c1-29(26,27)24(17-22(25)23-16-18-8-4-2-5-9-18)19-12-14-21(15-13-19)28-20-10-6-3-7-11-20/h3,6-8,10-15H,2,4-5,9,16-17H2,1H3,(H,23,25). The van der Waals surface area contributed by atoms with Crippen LogP contribution >= 0.6 is 0 Å². The number of ether oxygens (including phenoxy) is 1. The van der Waals surface area contributed by atoms with E-state index in [-0.39, 0.29) is 12.5 Å². The Labute approximate surface area is 172 Å². The molecule has 0 atom stereocenters. The van der Waals surface area contributed by atoms with Gasteiger partial charge in [0.2, 0.25) is 15.9 Å². The Bertz CT molecular complexity index is 954. The first-order valence-electron chi connectivity index (χ1n) is 9.67. The molecule has 0 bridgehead atoms. The minimum Gasteiger partial charge on any atom is -0.457 e. The van der Waals surface area contributed by atoms with E-state index in [2.05, 4.69) is 11.4 Å². The Morgan fingerprint density at radius 3 is 2.34 bits per heavy atom. The summed E-state index contributed by atoms with van der Waals surface area (Å²) in [5.74, 6) is 0.949. The van der Waals surface area contributed by atoms with Crippen molar-refractivity contribution in [1.29, 1.82) is 0 Å². The van der Waals surface area contributed by atoms with E-state index >= 15 is 0 Å². The molecular formula is C22H26N2O4S. The van der Waals surface area contributed by atoms with Crippen molar-refractivity contribution >= 4 is 21.6 Å². The normalized spacial score (nSPS) is 14.0. The minimum atomic E-state index is -3.61. The summed E-state index contributed by atoms with van der Waals surface area (Å²) in [6, 6.07) is 16.0. The molecule has 2 aromatic rings. The van der Waals surface area contributed by atoms with E-state index in [0.717, 1.165) is 29.8 Å². The van der Waals surface area contributed by atoms with E-state index in [0.29, 0.717) is 23.7 Å². The Morgan fingerprint density at radius 1 is 1.03 bits per heavy atom. The molecule has 0 aromatic heterocycles. The molecule has 6 nitrogen and oxygen atoms in total. The highest BCUT2D eigenvalue weighted by Gasteiger charge is 2.21. The number of nitrogens with zero attached hydrogens (tertiary/aromatic N) is 1. The molecule has 3 rings (SSSR count). The van der Waals surface area contributed by atoms with E-state index in [4.69, 9.17) is 4.74 Å². The molecule has 0 unspecified atom stereocenters. The summed E-state index contributed by atoms with van der Waals surface area (Å²) in [7, 11) is -3.61. The Kier molecular flexibility index (Phi) is 6.93. The number of anilines is 1. The van der Waals surface area contributed by atoms with Crippen LogP contribution in [-0.4, -0.2) is 33.7 Å². The summed E-state index contributed by atoms with van der Waals surface area (Å²) in [5, 5.41) is 2.83. The van der Waals surface area contributed by atoms with Crippen LogP contribution in [0, 0.1) is 0 Å². The van der Waals surface area contributed by atoms with Gasteiger partial charge in [0.25, 0.3) is 0 Å². The molecule has 0 fully saturated rings. The van der Waals surface area contributed by atoms with Gasteiger partial charge in [-0.3, -0.25) is 9.10 Å². The predicted molar refractivity (Wildman–Crippen MR) is 115 cm³/mol. The molecule has 1 amide bonds. The number of nitrogens with one attached hydrogen (secondary N) is 1. The molecule has 0 radical (unpaired) electrons. The SMILES string of the molecule is CS(=O)(=O)N(CC(=O)NCC1=CCCCC1)c1ccc(Oc2ccccc2)cc1. The summed E-state index contributed by atoms with van der Waals surface area (Å²) < 4.78 is 31.3. The quantitative estimate of drug-likeness (QED) is 0.666. The van der Waals surface area contributed by atoms with Gasteiger partial charge in [0.05, 0.1) is 11.9 Å². The van der Waals surface area contributed by atoms with Crippen molar-refractivity contribution in [2.45, 2.75) is 25.7 Å². The number of allylic oxidation sites excluding steroid dienone is 1.